The van der Waals surface area contributed by atoms with E-state index in [4.69, 9.17) is 26.2 Å². The molecule has 0 saturated carbocycles. The van der Waals surface area contributed by atoms with Crippen LogP contribution >= 0.6 is 11.6 Å². The third kappa shape index (κ3) is 4.57. The van der Waals surface area contributed by atoms with Gasteiger partial charge in [-0.05, 0) is 36.4 Å². The molecule has 0 bridgehead atoms. The van der Waals surface area contributed by atoms with Crippen LogP contribution in [0.1, 0.15) is 20.7 Å². The predicted octanol–water partition coefficient (Wildman–Crippen LogP) is 2.17. The summed E-state index contributed by atoms with van der Waals surface area (Å²) in [6, 6.07) is 6.75. The molecule has 0 saturated heterocycles. The highest BCUT2D eigenvalue weighted by molar-refractivity contribution is 7.89. The number of hydrogen-bond donors (Lipinski definition) is 1. The smallest absolute Gasteiger partial charge is 0.340 e. The van der Waals surface area contributed by atoms with Gasteiger partial charge in [0, 0.05) is 5.56 Å². The molecule has 0 atom stereocenters. The highest BCUT2D eigenvalue weighted by atomic mass is 35.5. The van der Waals surface area contributed by atoms with Crippen LogP contribution in [0.25, 0.3) is 0 Å². The number of halogens is 2. The zero-order valence-corrected chi connectivity index (χ0v) is 14.9. The van der Waals surface area contributed by atoms with E-state index in [-0.39, 0.29) is 26.8 Å². The van der Waals surface area contributed by atoms with Crippen LogP contribution in [0.4, 0.5) is 4.39 Å². The molecule has 7 nitrogen and oxygen atoms in total. The number of carbonyl (C=O) groups is 2. The van der Waals surface area contributed by atoms with Gasteiger partial charge >= 0.3 is 5.97 Å². The van der Waals surface area contributed by atoms with Crippen LogP contribution in [0.3, 0.4) is 0 Å². The molecule has 0 unspecified atom stereocenters. The average Bonchev–Trinajstić information content (AvgIpc) is 2.58. The minimum Gasteiger partial charge on any atom is -0.494 e. The molecule has 0 spiro atoms. The Morgan fingerprint density at radius 3 is 2.46 bits per heavy atom. The SMILES string of the molecule is COc1ccc(C(=O)COC(=O)c2cc(S(N)(=O)=O)ccc2Cl)cc1F. The molecule has 26 heavy (non-hydrogen) atoms. The lowest BCUT2D eigenvalue weighted by atomic mass is 10.1. The van der Waals surface area contributed by atoms with Crippen molar-refractivity contribution in [3.05, 3.63) is 58.4 Å². The van der Waals surface area contributed by atoms with Gasteiger partial charge in [-0.3, -0.25) is 4.79 Å². The van der Waals surface area contributed by atoms with Gasteiger partial charge in [0.2, 0.25) is 10.0 Å². The topological polar surface area (TPSA) is 113 Å². The molecule has 2 N–H and O–H groups in total. The van der Waals surface area contributed by atoms with Gasteiger partial charge in [0.25, 0.3) is 0 Å². The van der Waals surface area contributed by atoms with Crippen LogP contribution in [0.5, 0.6) is 5.75 Å². The highest BCUT2D eigenvalue weighted by Gasteiger charge is 2.19. The van der Waals surface area contributed by atoms with Gasteiger partial charge in [0.05, 0.1) is 22.6 Å². The number of primary sulfonamides is 1. The summed E-state index contributed by atoms with van der Waals surface area (Å²) in [4.78, 5) is 23.7. The molecule has 10 heteroatoms. The Kier molecular flexibility index (Phi) is 5.96. The molecule has 0 amide bonds. The number of ether oxygens (including phenoxy) is 2. The van der Waals surface area contributed by atoms with E-state index in [9.17, 15) is 22.4 Å². The number of esters is 1. The number of sulfonamides is 1. The van der Waals surface area contributed by atoms with Crippen molar-refractivity contribution < 1.29 is 31.9 Å². The zero-order chi connectivity index (χ0) is 19.5. The predicted molar refractivity (Wildman–Crippen MR) is 90.4 cm³/mol. The average molecular weight is 402 g/mol. The van der Waals surface area contributed by atoms with Crippen molar-refractivity contribution in [1.82, 2.24) is 0 Å². The third-order valence-corrected chi connectivity index (χ3v) is 4.53. The summed E-state index contributed by atoms with van der Waals surface area (Å²) in [5.41, 5.74) is -0.299. The minimum absolute atomic E-state index is 0.0273. The number of methoxy groups -OCH3 is 1. The molecule has 0 aliphatic rings. The van der Waals surface area contributed by atoms with E-state index in [0.29, 0.717) is 0 Å². The molecule has 0 aliphatic carbocycles. The number of rotatable bonds is 6. The van der Waals surface area contributed by atoms with Crippen LogP contribution < -0.4 is 9.88 Å². The van der Waals surface area contributed by atoms with Crippen LogP contribution in [0, 0.1) is 5.82 Å². The van der Waals surface area contributed by atoms with Crippen molar-refractivity contribution in [2.45, 2.75) is 4.90 Å². The fourth-order valence-corrected chi connectivity index (χ4v) is 2.70. The van der Waals surface area contributed by atoms with Crippen molar-refractivity contribution in [3.63, 3.8) is 0 Å². The first-order valence-electron chi connectivity index (χ1n) is 6.99. The normalized spacial score (nSPS) is 11.1. The van der Waals surface area contributed by atoms with Crippen LogP contribution in [-0.2, 0) is 14.8 Å². The van der Waals surface area contributed by atoms with Crippen molar-refractivity contribution in [1.29, 1.82) is 0 Å². The Bertz CT molecular complexity index is 977. The maximum atomic E-state index is 13.6. The second-order valence-electron chi connectivity index (χ2n) is 5.04. The van der Waals surface area contributed by atoms with Gasteiger partial charge in [0.15, 0.2) is 24.0 Å². The summed E-state index contributed by atoms with van der Waals surface area (Å²) in [5, 5.41) is 4.91. The van der Waals surface area contributed by atoms with Crippen LogP contribution in [0.2, 0.25) is 5.02 Å². The van der Waals surface area contributed by atoms with E-state index in [0.717, 1.165) is 18.2 Å². The molecule has 0 radical (unpaired) electrons. The summed E-state index contributed by atoms with van der Waals surface area (Å²) in [6.07, 6.45) is 0. The van der Waals surface area contributed by atoms with E-state index in [1.807, 2.05) is 0 Å². The summed E-state index contributed by atoms with van der Waals surface area (Å²) in [7, 11) is -2.77. The van der Waals surface area contributed by atoms with Crippen molar-refractivity contribution >= 4 is 33.4 Å². The fraction of sp³-hybridized carbons (Fsp3) is 0.125. The number of Topliss-reactive ketones (excluding diaryl/α,β-unsaturated/α-hetero) is 1. The lowest BCUT2D eigenvalue weighted by molar-refractivity contribution is 0.0474. The molecular weight excluding hydrogens is 389 g/mol. The van der Waals surface area contributed by atoms with E-state index >= 15 is 0 Å². The number of nitrogens with two attached hydrogens (primary N) is 1. The Morgan fingerprint density at radius 2 is 1.88 bits per heavy atom. The Hall–Kier alpha value is -2.49. The Balaban J connectivity index is 2.13. The van der Waals surface area contributed by atoms with Crippen molar-refractivity contribution in [3.8, 4) is 5.75 Å². The van der Waals surface area contributed by atoms with Crippen LogP contribution in [-0.4, -0.2) is 33.9 Å². The fourth-order valence-electron chi connectivity index (χ4n) is 1.97. The first-order chi connectivity index (χ1) is 12.1. The van der Waals surface area contributed by atoms with Gasteiger partial charge in [0.1, 0.15) is 0 Å². The second-order valence-corrected chi connectivity index (χ2v) is 7.00. The minimum atomic E-state index is -4.05. The molecule has 2 aromatic carbocycles. The van der Waals surface area contributed by atoms with Gasteiger partial charge < -0.3 is 9.47 Å². The van der Waals surface area contributed by atoms with Gasteiger partial charge in [-0.1, -0.05) is 11.6 Å². The maximum absolute atomic E-state index is 13.6. The first-order valence-corrected chi connectivity index (χ1v) is 8.92. The standard InChI is InChI=1S/C16H13ClFNO6S/c1-24-15-5-2-9(6-13(15)18)14(20)8-25-16(21)11-7-10(26(19,22)23)3-4-12(11)17/h2-7H,8H2,1H3,(H2,19,22,23). The summed E-state index contributed by atoms with van der Waals surface area (Å²) >= 11 is 5.84. The number of hydrogen-bond acceptors (Lipinski definition) is 6. The van der Waals surface area contributed by atoms with E-state index in [2.05, 4.69) is 0 Å². The molecule has 0 fully saturated rings. The molecule has 0 heterocycles. The molecule has 2 aromatic rings. The Morgan fingerprint density at radius 1 is 1.19 bits per heavy atom. The maximum Gasteiger partial charge on any atom is 0.340 e. The lowest BCUT2D eigenvalue weighted by Gasteiger charge is -2.08. The van der Waals surface area contributed by atoms with Gasteiger partial charge in [-0.15, -0.1) is 0 Å². The number of benzene rings is 2. The van der Waals surface area contributed by atoms with Gasteiger partial charge in [-0.2, -0.15) is 0 Å². The zero-order valence-electron chi connectivity index (χ0n) is 13.4. The largest absolute Gasteiger partial charge is 0.494 e. The van der Waals surface area contributed by atoms with E-state index in [1.54, 1.807) is 0 Å². The van der Waals surface area contributed by atoms with Crippen molar-refractivity contribution in [2.75, 3.05) is 13.7 Å². The first kappa shape index (κ1) is 19.8. The molecule has 138 valence electrons. The van der Waals surface area contributed by atoms with E-state index < -0.39 is 34.2 Å². The second kappa shape index (κ2) is 7.81. The van der Waals surface area contributed by atoms with Crippen LogP contribution in [0.15, 0.2) is 41.3 Å². The molecular formula is C16H13ClFNO6S. The van der Waals surface area contributed by atoms with Gasteiger partial charge in [-0.25, -0.2) is 22.7 Å². The molecule has 0 aliphatic heterocycles. The lowest BCUT2D eigenvalue weighted by Crippen LogP contribution is -2.16. The Labute approximate surface area is 153 Å². The van der Waals surface area contributed by atoms with Crippen molar-refractivity contribution in [2.24, 2.45) is 5.14 Å². The third-order valence-electron chi connectivity index (χ3n) is 3.29. The molecule has 0 aromatic heterocycles. The molecule has 2 rings (SSSR count). The highest BCUT2D eigenvalue weighted by Crippen LogP contribution is 2.21. The summed E-state index contributed by atoms with van der Waals surface area (Å²) in [5.74, 6) is -2.47. The quantitative estimate of drug-likeness (QED) is 0.586. The van der Waals surface area contributed by atoms with E-state index in [1.165, 1.54) is 25.3 Å². The number of ketones is 1. The number of carbonyl (C=O) groups excluding carboxylic acids is 2. The summed E-state index contributed by atoms with van der Waals surface area (Å²) < 4.78 is 45.9. The summed E-state index contributed by atoms with van der Waals surface area (Å²) in [6.45, 7) is -0.694. The monoisotopic (exact) mass is 401 g/mol.